The van der Waals surface area contributed by atoms with Gasteiger partial charge < -0.3 is 5.32 Å². The van der Waals surface area contributed by atoms with Crippen LogP contribution in [-0.2, 0) is 11.3 Å². The number of carbonyl (C=O) groups is 1. The molecule has 0 aromatic carbocycles. The van der Waals surface area contributed by atoms with Crippen LogP contribution in [0.25, 0.3) is 0 Å². The van der Waals surface area contributed by atoms with Crippen LogP contribution in [0.3, 0.4) is 0 Å². The van der Waals surface area contributed by atoms with Crippen LogP contribution in [-0.4, -0.2) is 10.7 Å². The van der Waals surface area contributed by atoms with Crippen LogP contribution in [0.4, 0.5) is 0 Å². The van der Waals surface area contributed by atoms with Gasteiger partial charge in [0.15, 0.2) is 0 Å². The van der Waals surface area contributed by atoms with Gasteiger partial charge in [-0.05, 0) is 25.5 Å². The van der Waals surface area contributed by atoms with E-state index in [1.165, 1.54) is 9.75 Å². The number of amides is 1. The van der Waals surface area contributed by atoms with Crippen molar-refractivity contribution in [3.05, 3.63) is 21.9 Å². The standard InChI is InChI=1S/C10H14BrNOS/c1-3-9(11)10(13)12-6-8-5-4-7(2)14-8/h4-5,9H,3,6H2,1-2H3,(H,12,13). The molecule has 2 nitrogen and oxygen atoms in total. The van der Waals surface area contributed by atoms with E-state index < -0.39 is 0 Å². The van der Waals surface area contributed by atoms with Crippen LogP contribution < -0.4 is 5.32 Å². The molecule has 0 bridgehead atoms. The van der Waals surface area contributed by atoms with Gasteiger partial charge in [-0.1, -0.05) is 22.9 Å². The molecule has 1 heterocycles. The van der Waals surface area contributed by atoms with Crippen molar-refractivity contribution in [2.75, 3.05) is 0 Å². The molecule has 0 saturated carbocycles. The summed E-state index contributed by atoms with van der Waals surface area (Å²) >= 11 is 5.03. The number of aryl methyl sites for hydroxylation is 1. The zero-order chi connectivity index (χ0) is 10.6. The van der Waals surface area contributed by atoms with Crippen molar-refractivity contribution in [1.82, 2.24) is 5.32 Å². The highest BCUT2D eigenvalue weighted by Crippen LogP contribution is 2.14. The SMILES string of the molecule is CCC(Br)C(=O)NCc1ccc(C)s1. The molecular formula is C10H14BrNOS. The second-order valence-corrected chi connectivity index (χ2v) is 5.58. The van der Waals surface area contributed by atoms with Crippen molar-refractivity contribution in [2.24, 2.45) is 0 Å². The zero-order valence-electron chi connectivity index (χ0n) is 8.34. The second-order valence-electron chi connectivity index (χ2n) is 3.11. The highest BCUT2D eigenvalue weighted by atomic mass is 79.9. The molecule has 0 spiro atoms. The molecule has 0 aliphatic heterocycles. The van der Waals surface area contributed by atoms with Crippen LogP contribution in [0.1, 0.15) is 23.1 Å². The van der Waals surface area contributed by atoms with E-state index in [1.54, 1.807) is 11.3 Å². The topological polar surface area (TPSA) is 29.1 Å². The molecule has 4 heteroatoms. The van der Waals surface area contributed by atoms with E-state index in [2.05, 4.69) is 40.3 Å². The summed E-state index contributed by atoms with van der Waals surface area (Å²) in [4.78, 5) is 13.8. The van der Waals surface area contributed by atoms with E-state index in [0.29, 0.717) is 6.54 Å². The van der Waals surface area contributed by atoms with Gasteiger partial charge in [-0.25, -0.2) is 0 Å². The van der Waals surface area contributed by atoms with Crippen molar-refractivity contribution < 1.29 is 4.79 Å². The number of carbonyl (C=O) groups excluding carboxylic acids is 1. The average molecular weight is 276 g/mol. The predicted molar refractivity (Wildman–Crippen MR) is 63.9 cm³/mol. The molecular weight excluding hydrogens is 262 g/mol. The summed E-state index contributed by atoms with van der Waals surface area (Å²) in [6.07, 6.45) is 0.815. The van der Waals surface area contributed by atoms with E-state index in [4.69, 9.17) is 0 Å². The lowest BCUT2D eigenvalue weighted by molar-refractivity contribution is -0.120. The molecule has 1 unspecified atom stereocenters. The minimum absolute atomic E-state index is 0.0661. The monoisotopic (exact) mass is 275 g/mol. The summed E-state index contributed by atoms with van der Waals surface area (Å²) in [7, 11) is 0. The molecule has 0 aliphatic rings. The predicted octanol–water partition coefficient (Wildman–Crippen LogP) is 2.85. The molecule has 1 rings (SSSR count). The molecule has 0 saturated heterocycles. The third-order valence-corrected chi connectivity index (χ3v) is 3.94. The fourth-order valence-electron chi connectivity index (χ4n) is 1.05. The van der Waals surface area contributed by atoms with Gasteiger partial charge in [0.25, 0.3) is 0 Å². The van der Waals surface area contributed by atoms with Crippen molar-refractivity contribution in [2.45, 2.75) is 31.6 Å². The first-order valence-electron chi connectivity index (χ1n) is 4.60. The zero-order valence-corrected chi connectivity index (χ0v) is 10.7. The van der Waals surface area contributed by atoms with Crippen LogP contribution in [0.15, 0.2) is 12.1 Å². The number of rotatable bonds is 4. The quantitative estimate of drug-likeness (QED) is 0.842. The van der Waals surface area contributed by atoms with Gasteiger partial charge in [0.2, 0.25) is 5.91 Å². The highest BCUT2D eigenvalue weighted by Gasteiger charge is 2.11. The largest absolute Gasteiger partial charge is 0.350 e. The Hall–Kier alpha value is -0.350. The summed E-state index contributed by atoms with van der Waals surface area (Å²) in [5.41, 5.74) is 0. The first-order chi connectivity index (χ1) is 6.63. The number of nitrogens with one attached hydrogen (secondary N) is 1. The molecule has 1 aromatic heterocycles. The fraction of sp³-hybridized carbons (Fsp3) is 0.500. The fourth-order valence-corrected chi connectivity index (χ4v) is 2.04. The first kappa shape index (κ1) is 11.7. The third-order valence-electron chi connectivity index (χ3n) is 1.88. The van der Waals surface area contributed by atoms with Crippen molar-refractivity contribution in [3.8, 4) is 0 Å². The summed E-state index contributed by atoms with van der Waals surface area (Å²) in [5.74, 6) is 0.0681. The van der Waals surface area contributed by atoms with Gasteiger partial charge >= 0.3 is 0 Å². The van der Waals surface area contributed by atoms with Crippen LogP contribution >= 0.6 is 27.3 Å². The Morgan fingerprint density at radius 2 is 2.36 bits per heavy atom. The minimum atomic E-state index is -0.0661. The Balaban J connectivity index is 2.37. The van der Waals surface area contributed by atoms with Gasteiger partial charge in [-0.15, -0.1) is 11.3 Å². The Morgan fingerprint density at radius 3 is 2.86 bits per heavy atom. The number of hydrogen-bond donors (Lipinski definition) is 1. The van der Waals surface area contributed by atoms with Crippen LogP contribution in [0.5, 0.6) is 0 Å². The van der Waals surface area contributed by atoms with Crippen molar-refractivity contribution in [3.63, 3.8) is 0 Å². The van der Waals surface area contributed by atoms with Crippen LogP contribution in [0, 0.1) is 6.92 Å². The van der Waals surface area contributed by atoms with E-state index >= 15 is 0 Å². The number of halogens is 1. The molecule has 1 amide bonds. The van der Waals surface area contributed by atoms with Gasteiger partial charge in [0.1, 0.15) is 0 Å². The molecule has 0 fully saturated rings. The van der Waals surface area contributed by atoms with Gasteiger partial charge in [-0.2, -0.15) is 0 Å². The number of thiophene rings is 1. The van der Waals surface area contributed by atoms with E-state index in [0.717, 1.165) is 6.42 Å². The minimum Gasteiger partial charge on any atom is -0.350 e. The molecule has 0 aliphatic carbocycles. The Bertz CT molecular complexity index is 311. The molecule has 1 atom stereocenters. The van der Waals surface area contributed by atoms with E-state index in [1.807, 2.05) is 6.92 Å². The average Bonchev–Trinajstić information content (AvgIpc) is 2.59. The lowest BCUT2D eigenvalue weighted by Gasteiger charge is -2.06. The normalized spacial score (nSPS) is 12.5. The van der Waals surface area contributed by atoms with Crippen LogP contribution in [0.2, 0.25) is 0 Å². The Morgan fingerprint density at radius 1 is 1.64 bits per heavy atom. The maximum absolute atomic E-state index is 11.4. The molecule has 1 N–H and O–H groups in total. The van der Waals surface area contributed by atoms with Crippen molar-refractivity contribution >= 4 is 33.2 Å². The van der Waals surface area contributed by atoms with E-state index in [-0.39, 0.29) is 10.7 Å². The van der Waals surface area contributed by atoms with Gasteiger partial charge in [0.05, 0.1) is 11.4 Å². The molecule has 78 valence electrons. The third kappa shape index (κ3) is 3.42. The molecule has 0 radical (unpaired) electrons. The summed E-state index contributed by atoms with van der Waals surface area (Å²) < 4.78 is 0. The Kier molecular flexibility index (Phi) is 4.62. The second kappa shape index (κ2) is 5.51. The summed E-state index contributed by atoms with van der Waals surface area (Å²) in [6, 6.07) is 4.12. The maximum atomic E-state index is 11.4. The highest BCUT2D eigenvalue weighted by molar-refractivity contribution is 9.10. The smallest absolute Gasteiger partial charge is 0.234 e. The van der Waals surface area contributed by atoms with E-state index in [9.17, 15) is 4.79 Å². The lowest BCUT2D eigenvalue weighted by atomic mass is 10.3. The summed E-state index contributed by atoms with van der Waals surface area (Å²) in [6.45, 7) is 4.68. The Labute approximate surface area is 96.8 Å². The first-order valence-corrected chi connectivity index (χ1v) is 6.33. The van der Waals surface area contributed by atoms with Gasteiger partial charge in [0, 0.05) is 9.75 Å². The lowest BCUT2D eigenvalue weighted by Crippen LogP contribution is -2.29. The molecule has 14 heavy (non-hydrogen) atoms. The molecule has 1 aromatic rings. The maximum Gasteiger partial charge on any atom is 0.234 e. The van der Waals surface area contributed by atoms with Crippen molar-refractivity contribution in [1.29, 1.82) is 0 Å². The summed E-state index contributed by atoms with van der Waals surface area (Å²) in [5, 5.41) is 2.89. The number of alkyl halides is 1. The number of hydrogen-bond acceptors (Lipinski definition) is 2. The van der Waals surface area contributed by atoms with Gasteiger partial charge in [-0.3, -0.25) is 4.79 Å².